The Kier molecular flexibility index (Phi) is 12.0. The number of nitrogens with zero attached hydrogens (tertiary/aromatic N) is 1. The maximum atomic E-state index is 11.2. The fourth-order valence-corrected chi connectivity index (χ4v) is 2.47. The first-order valence-corrected chi connectivity index (χ1v) is 7.36. The molecule has 1 unspecified atom stereocenters. The van der Waals surface area contributed by atoms with E-state index in [1.165, 1.54) is 0 Å². The van der Waals surface area contributed by atoms with E-state index in [0.29, 0.717) is 37.8 Å². The molecule has 0 heterocycles. The number of carboxylic acid groups (broad SMARTS) is 1. The summed E-state index contributed by atoms with van der Waals surface area (Å²) in [6.45, 7) is 2.07. The van der Waals surface area contributed by atoms with Crippen molar-refractivity contribution >= 4 is 29.2 Å². The summed E-state index contributed by atoms with van der Waals surface area (Å²) < 4.78 is 0. The molecule has 1 aromatic rings. The van der Waals surface area contributed by atoms with Crippen molar-refractivity contribution in [3.63, 3.8) is 0 Å². The van der Waals surface area contributed by atoms with Crippen molar-refractivity contribution in [1.82, 2.24) is 4.90 Å². The van der Waals surface area contributed by atoms with Crippen LogP contribution >= 0.6 is 23.2 Å². The third-order valence-electron chi connectivity index (χ3n) is 3.02. The van der Waals surface area contributed by atoms with Gasteiger partial charge in [-0.3, -0.25) is 0 Å². The zero-order chi connectivity index (χ0) is 14.1. The Morgan fingerprint density at radius 2 is 1.65 bits per heavy atom. The number of carbonyl (C=O) groups is 1. The largest absolute Gasteiger partial charge is 1.00 e. The summed E-state index contributed by atoms with van der Waals surface area (Å²) in [6, 6.07) is 9.16. The Bertz CT molecular complexity index is 373. The number of alkyl halides is 2. The molecule has 0 N–H and O–H groups in total. The molecule has 0 aromatic heterocycles. The Labute approximate surface area is 152 Å². The second-order valence-electron chi connectivity index (χ2n) is 4.29. The Balaban J connectivity index is 0.00000361. The number of aliphatic carboxylic acids is 1. The summed E-state index contributed by atoms with van der Waals surface area (Å²) in [6.07, 6.45) is 0.500. The second-order valence-corrected chi connectivity index (χ2v) is 5.05. The van der Waals surface area contributed by atoms with E-state index in [2.05, 4.69) is 4.90 Å². The van der Waals surface area contributed by atoms with Crippen molar-refractivity contribution in [2.75, 3.05) is 31.4 Å². The van der Waals surface area contributed by atoms with Gasteiger partial charge in [0.1, 0.15) is 0 Å². The summed E-state index contributed by atoms with van der Waals surface area (Å²) in [5, 5.41) is 11.2. The van der Waals surface area contributed by atoms with Crippen LogP contribution in [-0.2, 0) is 4.79 Å². The predicted octanol–water partition coefficient (Wildman–Crippen LogP) is -1.31. The van der Waals surface area contributed by atoms with E-state index in [9.17, 15) is 9.90 Å². The van der Waals surface area contributed by atoms with Gasteiger partial charge in [0.15, 0.2) is 0 Å². The van der Waals surface area contributed by atoms with Gasteiger partial charge in [0.25, 0.3) is 0 Å². The van der Waals surface area contributed by atoms with E-state index in [4.69, 9.17) is 23.2 Å². The normalized spacial score (nSPS) is 11.9. The molecule has 0 saturated carbocycles. The van der Waals surface area contributed by atoms with Crippen LogP contribution in [0.5, 0.6) is 0 Å². The number of hydrogen-bond acceptors (Lipinski definition) is 3. The third kappa shape index (κ3) is 7.30. The van der Waals surface area contributed by atoms with Crippen LogP contribution in [0, 0.1) is 0 Å². The fourth-order valence-electron chi connectivity index (χ4n) is 1.99. The molecule has 0 bridgehead atoms. The predicted molar refractivity (Wildman–Crippen MR) is 76.7 cm³/mol. The molecule has 0 aliphatic carbocycles. The number of carbonyl (C=O) groups excluding carboxylic acids is 1. The van der Waals surface area contributed by atoms with E-state index < -0.39 is 11.9 Å². The first kappa shape index (κ1) is 20.2. The van der Waals surface area contributed by atoms with Gasteiger partial charge < -0.3 is 14.8 Å². The minimum absolute atomic E-state index is 0. The molecule has 0 fully saturated rings. The van der Waals surface area contributed by atoms with E-state index >= 15 is 0 Å². The maximum absolute atomic E-state index is 11.2. The van der Waals surface area contributed by atoms with Crippen LogP contribution in [0.2, 0.25) is 0 Å². The first-order valence-electron chi connectivity index (χ1n) is 6.29. The maximum Gasteiger partial charge on any atom is 1.00 e. The van der Waals surface area contributed by atoms with Gasteiger partial charge in [-0.25, -0.2) is 0 Å². The quantitative estimate of drug-likeness (QED) is 0.418. The fraction of sp³-hybridized carbons (Fsp3) is 0.500. The molecule has 0 saturated heterocycles. The van der Waals surface area contributed by atoms with Crippen LogP contribution in [-0.4, -0.2) is 42.3 Å². The summed E-state index contributed by atoms with van der Waals surface area (Å²) in [4.78, 5) is 13.3. The molecular formula is C14H18Cl2NNaO2. The van der Waals surface area contributed by atoms with E-state index in [1.54, 1.807) is 0 Å². The molecular weight excluding hydrogens is 308 g/mol. The smallest absolute Gasteiger partial charge is 0.549 e. The number of rotatable bonds is 9. The standard InChI is InChI=1S/C14H19Cl2NO2.Na/c15-7-10-17(11-8-16)9-6-13(14(18)19)12-4-2-1-3-5-12;/h1-5,13H,6-11H2,(H,18,19);/q;+1/p-1. The van der Waals surface area contributed by atoms with Crippen LogP contribution in [0.25, 0.3) is 0 Å². The average molecular weight is 326 g/mol. The first-order chi connectivity index (χ1) is 9.19. The summed E-state index contributed by atoms with van der Waals surface area (Å²) in [7, 11) is 0. The Morgan fingerprint density at radius 3 is 2.10 bits per heavy atom. The van der Waals surface area contributed by atoms with Gasteiger partial charge in [0, 0.05) is 36.7 Å². The molecule has 0 aliphatic heterocycles. The van der Waals surface area contributed by atoms with Gasteiger partial charge in [-0.2, -0.15) is 0 Å². The number of halogens is 2. The molecule has 0 aliphatic rings. The molecule has 0 amide bonds. The van der Waals surface area contributed by atoms with Gasteiger partial charge >= 0.3 is 29.6 Å². The van der Waals surface area contributed by atoms with Crippen LogP contribution < -0.4 is 34.7 Å². The van der Waals surface area contributed by atoms with Gasteiger partial charge in [-0.15, -0.1) is 23.2 Å². The third-order valence-corrected chi connectivity index (χ3v) is 3.36. The molecule has 1 atom stereocenters. The van der Waals surface area contributed by atoms with Crippen molar-refractivity contribution in [2.24, 2.45) is 0 Å². The van der Waals surface area contributed by atoms with Crippen molar-refractivity contribution in [2.45, 2.75) is 12.3 Å². The van der Waals surface area contributed by atoms with Crippen LogP contribution in [0.3, 0.4) is 0 Å². The van der Waals surface area contributed by atoms with Crippen molar-refractivity contribution < 1.29 is 39.5 Å². The van der Waals surface area contributed by atoms with Gasteiger partial charge in [0.2, 0.25) is 0 Å². The average Bonchev–Trinajstić information content (AvgIpc) is 2.40. The molecule has 0 spiro atoms. The molecule has 6 heteroatoms. The Hall–Kier alpha value is 0.230. The van der Waals surface area contributed by atoms with Crippen LogP contribution in [0.4, 0.5) is 0 Å². The van der Waals surface area contributed by atoms with Gasteiger partial charge in [-0.05, 0) is 18.5 Å². The van der Waals surface area contributed by atoms with Crippen molar-refractivity contribution in [3.8, 4) is 0 Å². The molecule has 1 aromatic carbocycles. The number of hydrogen-bond donors (Lipinski definition) is 0. The topological polar surface area (TPSA) is 43.4 Å². The van der Waals surface area contributed by atoms with E-state index in [1.807, 2.05) is 30.3 Å². The van der Waals surface area contributed by atoms with Crippen LogP contribution in [0.15, 0.2) is 30.3 Å². The molecule has 0 radical (unpaired) electrons. The minimum Gasteiger partial charge on any atom is -0.549 e. The summed E-state index contributed by atoms with van der Waals surface area (Å²) in [5.41, 5.74) is 0.777. The van der Waals surface area contributed by atoms with Crippen molar-refractivity contribution in [3.05, 3.63) is 35.9 Å². The van der Waals surface area contributed by atoms with E-state index in [-0.39, 0.29) is 29.6 Å². The molecule has 106 valence electrons. The van der Waals surface area contributed by atoms with Crippen molar-refractivity contribution in [1.29, 1.82) is 0 Å². The molecule has 20 heavy (non-hydrogen) atoms. The second kappa shape index (κ2) is 11.8. The van der Waals surface area contributed by atoms with Gasteiger partial charge in [0.05, 0.1) is 0 Å². The zero-order valence-corrected chi connectivity index (χ0v) is 15.2. The minimum atomic E-state index is -1.04. The summed E-state index contributed by atoms with van der Waals surface area (Å²) >= 11 is 11.4. The molecule has 3 nitrogen and oxygen atoms in total. The number of benzene rings is 1. The number of carboxylic acids is 1. The van der Waals surface area contributed by atoms with Crippen LogP contribution in [0.1, 0.15) is 17.9 Å². The monoisotopic (exact) mass is 325 g/mol. The zero-order valence-electron chi connectivity index (χ0n) is 11.7. The van der Waals surface area contributed by atoms with Gasteiger partial charge in [-0.1, -0.05) is 30.3 Å². The van der Waals surface area contributed by atoms with E-state index in [0.717, 1.165) is 5.56 Å². The summed E-state index contributed by atoms with van der Waals surface area (Å²) in [5.74, 6) is -0.603. The molecule has 1 rings (SSSR count). The Morgan fingerprint density at radius 1 is 1.10 bits per heavy atom. The SMILES string of the molecule is O=C([O-])C(CCN(CCCl)CCCl)c1ccccc1.[Na+].